The van der Waals surface area contributed by atoms with Gasteiger partial charge in [0.1, 0.15) is 11.8 Å². The van der Waals surface area contributed by atoms with Crippen molar-refractivity contribution in [2.45, 2.75) is 12.1 Å². The van der Waals surface area contributed by atoms with E-state index in [4.69, 9.17) is 9.52 Å². The summed E-state index contributed by atoms with van der Waals surface area (Å²) in [5, 5.41) is 11.6. The molecule has 2 rings (SSSR count). The number of hydrogen-bond donors (Lipinski definition) is 2. The largest absolute Gasteiger partial charge is 0.467 e. The van der Waals surface area contributed by atoms with E-state index in [9.17, 15) is 4.79 Å². The molecule has 0 spiro atoms. The molecule has 1 aliphatic rings. The Kier molecular flexibility index (Phi) is 3.33. The first kappa shape index (κ1) is 10.2. The van der Waals surface area contributed by atoms with Gasteiger partial charge in [0.05, 0.1) is 6.26 Å². The molecule has 2 heterocycles. The van der Waals surface area contributed by atoms with Crippen molar-refractivity contribution in [1.29, 1.82) is 0 Å². The van der Waals surface area contributed by atoms with Crippen LogP contribution in [0, 0.1) is 44.1 Å². The number of carbonyl (C=O) groups is 1. The molecule has 0 aromatic carbocycles. The number of furan rings is 1. The second kappa shape index (κ2) is 3.91. The SMILES string of the molecule is O=C1NC(c2ccco2)C1O.[Ac]. The Hall–Kier alpha value is 0.152. The third-order valence-electron chi connectivity index (χ3n) is 1.73. The van der Waals surface area contributed by atoms with Gasteiger partial charge < -0.3 is 14.8 Å². The zero-order valence-electron chi connectivity index (χ0n) is 6.23. The number of aliphatic hydroxyl groups is 1. The van der Waals surface area contributed by atoms with Gasteiger partial charge in [-0.2, -0.15) is 0 Å². The maximum atomic E-state index is 10.5. The van der Waals surface area contributed by atoms with E-state index in [1.54, 1.807) is 12.1 Å². The van der Waals surface area contributed by atoms with Crippen LogP contribution in [0.2, 0.25) is 0 Å². The van der Waals surface area contributed by atoms with Gasteiger partial charge in [0.25, 0.3) is 5.91 Å². The molecule has 1 saturated heterocycles. The van der Waals surface area contributed by atoms with Gasteiger partial charge in [0, 0.05) is 44.1 Å². The summed E-state index contributed by atoms with van der Waals surface area (Å²) in [6.07, 6.45) is 0.563. The van der Waals surface area contributed by atoms with Crippen molar-refractivity contribution < 1.29 is 58.4 Å². The minimum absolute atomic E-state index is 0. The van der Waals surface area contributed by atoms with Crippen molar-refractivity contribution in [3.63, 3.8) is 0 Å². The molecular formula is C7H7AcNO3. The van der Waals surface area contributed by atoms with Gasteiger partial charge in [-0.1, -0.05) is 0 Å². The molecule has 1 amide bonds. The first-order valence-corrected chi connectivity index (χ1v) is 3.31. The van der Waals surface area contributed by atoms with Crippen molar-refractivity contribution in [2.24, 2.45) is 0 Å². The summed E-state index contributed by atoms with van der Waals surface area (Å²) < 4.78 is 4.98. The van der Waals surface area contributed by atoms with Crippen molar-refractivity contribution in [1.82, 2.24) is 5.32 Å². The first-order valence-electron chi connectivity index (χ1n) is 3.31. The molecule has 2 unspecified atom stereocenters. The number of rotatable bonds is 1. The fourth-order valence-corrected chi connectivity index (χ4v) is 1.07. The molecule has 0 aliphatic carbocycles. The predicted octanol–water partition coefficient (Wildman–Crippen LogP) is -0.189. The van der Waals surface area contributed by atoms with Gasteiger partial charge in [-0.05, 0) is 12.1 Å². The van der Waals surface area contributed by atoms with Gasteiger partial charge in [-0.15, -0.1) is 0 Å². The summed E-state index contributed by atoms with van der Waals surface area (Å²) in [5.41, 5.74) is 0. The van der Waals surface area contributed by atoms with Crippen LogP contribution < -0.4 is 5.32 Å². The summed E-state index contributed by atoms with van der Waals surface area (Å²) in [4.78, 5) is 10.5. The van der Waals surface area contributed by atoms with E-state index < -0.39 is 6.10 Å². The van der Waals surface area contributed by atoms with Crippen LogP contribution in [0.1, 0.15) is 11.8 Å². The minimum Gasteiger partial charge on any atom is -0.467 e. The summed E-state index contributed by atoms with van der Waals surface area (Å²) >= 11 is 0. The summed E-state index contributed by atoms with van der Waals surface area (Å²) in [5.74, 6) is 0.253. The Labute approximate surface area is 105 Å². The van der Waals surface area contributed by atoms with Crippen LogP contribution in [0.4, 0.5) is 0 Å². The molecule has 1 aromatic rings. The maximum Gasteiger partial charge on any atom is 0.252 e. The van der Waals surface area contributed by atoms with Gasteiger partial charge >= 0.3 is 0 Å². The molecule has 0 bridgehead atoms. The topological polar surface area (TPSA) is 62.5 Å². The van der Waals surface area contributed by atoms with E-state index in [0.29, 0.717) is 5.76 Å². The van der Waals surface area contributed by atoms with E-state index in [2.05, 4.69) is 5.32 Å². The molecule has 12 heavy (non-hydrogen) atoms. The molecule has 4 nitrogen and oxygen atoms in total. The number of nitrogens with one attached hydrogen (secondary N) is 1. The summed E-state index contributed by atoms with van der Waals surface area (Å²) in [6.45, 7) is 0. The van der Waals surface area contributed by atoms with E-state index in [-0.39, 0.29) is 56.0 Å². The average Bonchev–Trinajstić information content (AvgIpc) is 2.51. The first-order chi connectivity index (χ1) is 5.29. The van der Waals surface area contributed by atoms with Gasteiger partial charge in [0.15, 0.2) is 6.10 Å². The maximum absolute atomic E-state index is 10.5. The van der Waals surface area contributed by atoms with Crippen molar-refractivity contribution in [3.8, 4) is 0 Å². The molecule has 61 valence electrons. The van der Waals surface area contributed by atoms with Gasteiger partial charge in [-0.25, -0.2) is 0 Å². The van der Waals surface area contributed by atoms with Crippen LogP contribution in [0.25, 0.3) is 0 Å². The van der Waals surface area contributed by atoms with Crippen LogP contribution in [-0.4, -0.2) is 17.1 Å². The third kappa shape index (κ3) is 1.59. The monoisotopic (exact) mass is 380 g/mol. The molecule has 1 aromatic heterocycles. The zero-order valence-corrected chi connectivity index (χ0v) is 11.0. The van der Waals surface area contributed by atoms with E-state index in [1.165, 1.54) is 6.26 Å². The van der Waals surface area contributed by atoms with Crippen molar-refractivity contribution >= 4 is 5.91 Å². The quantitative estimate of drug-likeness (QED) is 0.665. The van der Waals surface area contributed by atoms with Crippen molar-refractivity contribution in [3.05, 3.63) is 24.2 Å². The number of β-lactam (4-membered cyclic amide) rings is 1. The van der Waals surface area contributed by atoms with E-state index >= 15 is 0 Å². The number of aliphatic hydroxyl groups excluding tert-OH is 1. The van der Waals surface area contributed by atoms with Crippen LogP contribution in [-0.2, 0) is 4.79 Å². The van der Waals surface area contributed by atoms with E-state index in [0.717, 1.165) is 0 Å². The third-order valence-corrected chi connectivity index (χ3v) is 1.73. The fraction of sp³-hybridized carbons (Fsp3) is 0.286. The molecular weight excluding hydrogens is 373 g/mol. The Balaban J connectivity index is 0.000000720. The minimum atomic E-state index is -0.943. The average molecular weight is 380 g/mol. The zero-order chi connectivity index (χ0) is 7.84. The van der Waals surface area contributed by atoms with Crippen LogP contribution in [0.15, 0.2) is 22.8 Å². The Bertz CT molecular complexity index is 272. The Morgan fingerprint density at radius 1 is 1.58 bits per heavy atom. The smallest absolute Gasteiger partial charge is 0.252 e. The molecule has 2 N–H and O–H groups in total. The van der Waals surface area contributed by atoms with Crippen molar-refractivity contribution in [2.75, 3.05) is 0 Å². The van der Waals surface area contributed by atoms with Crippen LogP contribution in [0.5, 0.6) is 0 Å². The molecule has 1 fully saturated rings. The standard InChI is InChI=1S/C7H7NO3.Ac/c9-6-5(8-7(6)10)4-2-1-3-11-4;/h1-3,5-6,9H,(H,8,10);. The van der Waals surface area contributed by atoms with Crippen LogP contribution in [0.3, 0.4) is 0 Å². The Morgan fingerprint density at radius 3 is 2.75 bits per heavy atom. The summed E-state index contributed by atoms with van der Waals surface area (Å²) in [7, 11) is 0. The Morgan fingerprint density at radius 2 is 2.33 bits per heavy atom. The predicted molar refractivity (Wildman–Crippen MR) is 35.6 cm³/mol. The van der Waals surface area contributed by atoms with Gasteiger partial charge in [-0.3, -0.25) is 4.79 Å². The molecule has 1 radical (unpaired) electrons. The van der Waals surface area contributed by atoms with Gasteiger partial charge in [0.2, 0.25) is 0 Å². The summed E-state index contributed by atoms with van der Waals surface area (Å²) in [6, 6.07) is 3.08. The second-order valence-electron chi connectivity index (χ2n) is 2.45. The molecule has 0 saturated carbocycles. The van der Waals surface area contributed by atoms with Crippen LogP contribution >= 0.6 is 0 Å². The number of hydrogen-bond acceptors (Lipinski definition) is 3. The normalized spacial score (nSPS) is 26.9. The second-order valence-corrected chi connectivity index (χ2v) is 2.45. The number of amides is 1. The van der Waals surface area contributed by atoms with E-state index in [1.807, 2.05) is 0 Å². The number of carbonyl (C=O) groups excluding carboxylic acids is 1. The fourth-order valence-electron chi connectivity index (χ4n) is 1.07. The molecule has 2 atom stereocenters. The molecule has 1 aliphatic heterocycles. The molecule has 5 heteroatoms.